The maximum atomic E-state index is 12.4. The van der Waals surface area contributed by atoms with Crippen molar-refractivity contribution in [1.82, 2.24) is 0 Å². The molecule has 0 radical (unpaired) electrons. The van der Waals surface area contributed by atoms with E-state index in [-0.39, 0.29) is 11.6 Å². The molecule has 1 heterocycles. The lowest BCUT2D eigenvalue weighted by Crippen LogP contribution is -2.05. The van der Waals surface area contributed by atoms with Gasteiger partial charge in [0.25, 0.3) is 0 Å². The van der Waals surface area contributed by atoms with Crippen LogP contribution in [0.15, 0.2) is 77.4 Å². The highest BCUT2D eigenvalue weighted by Gasteiger charge is 2.24. The van der Waals surface area contributed by atoms with Gasteiger partial charge in [0.2, 0.25) is 5.90 Å². The molecular formula is C26H22ClNO5. The topological polar surface area (TPSA) is 66.3 Å². The Hall–Kier alpha value is -3.77. The molecule has 6 nitrogen and oxygen atoms in total. The molecule has 0 fully saturated rings. The third-order valence-corrected chi connectivity index (χ3v) is 5.22. The molecule has 0 aromatic heterocycles. The number of esters is 1. The summed E-state index contributed by atoms with van der Waals surface area (Å²) in [6.07, 6.45) is 1.65. The molecule has 0 saturated carbocycles. The summed E-state index contributed by atoms with van der Waals surface area (Å²) in [5, 5.41) is 0.640. The van der Waals surface area contributed by atoms with Crippen LogP contribution in [0.25, 0.3) is 6.08 Å². The smallest absolute Gasteiger partial charge is 0.363 e. The van der Waals surface area contributed by atoms with E-state index < -0.39 is 5.97 Å². The quantitative estimate of drug-likeness (QED) is 0.318. The third kappa shape index (κ3) is 5.35. The zero-order valence-corrected chi connectivity index (χ0v) is 19.0. The molecule has 1 aliphatic heterocycles. The minimum Gasteiger partial charge on any atom is -0.497 e. The van der Waals surface area contributed by atoms with E-state index in [9.17, 15) is 4.79 Å². The summed E-state index contributed by atoms with van der Waals surface area (Å²) in [5.74, 6) is 1.49. The van der Waals surface area contributed by atoms with Crippen molar-refractivity contribution < 1.29 is 23.7 Å². The Bertz CT molecular complexity index is 1230. The molecule has 4 rings (SSSR count). The maximum absolute atomic E-state index is 12.4. The fourth-order valence-corrected chi connectivity index (χ4v) is 3.41. The van der Waals surface area contributed by atoms with Crippen LogP contribution in [0.4, 0.5) is 0 Å². The van der Waals surface area contributed by atoms with E-state index in [0.29, 0.717) is 41.0 Å². The lowest BCUT2D eigenvalue weighted by Gasteiger charge is -2.13. The minimum atomic E-state index is -0.523. The zero-order valence-electron chi connectivity index (χ0n) is 18.2. The Kier molecular flexibility index (Phi) is 6.95. The van der Waals surface area contributed by atoms with Gasteiger partial charge in [0.1, 0.15) is 12.4 Å². The number of nitrogens with zero attached hydrogens (tertiary/aromatic N) is 1. The second kappa shape index (κ2) is 10.2. The Morgan fingerprint density at radius 1 is 1.00 bits per heavy atom. The Morgan fingerprint density at radius 2 is 1.85 bits per heavy atom. The second-order valence-corrected chi connectivity index (χ2v) is 7.49. The number of carbonyl (C=O) groups is 1. The van der Waals surface area contributed by atoms with E-state index in [1.54, 1.807) is 37.5 Å². The lowest BCUT2D eigenvalue weighted by molar-refractivity contribution is -0.129. The predicted octanol–water partition coefficient (Wildman–Crippen LogP) is 5.67. The fraction of sp³-hybridized carbons (Fsp3) is 0.154. The first-order valence-corrected chi connectivity index (χ1v) is 10.7. The molecule has 33 heavy (non-hydrogen) atoms. The average molecular weight is 464 g/mol. The molecule has 0 amide bonds. The Balaban J connectivity index is 1.57. The maximum Gasteiger partial charge on any atom is 0.363 e. The number of halogens is 1. The number of aliphatic imine (C=N–C) groups is 1. The molecule has 0 spiro atoms. The van der Waals surface area contributed by atoms with Gasteiger partial charge in [-0.15, -0.1) is 0 Å². The van der Waals surface area contributed by atoms with Crippen molar-refractivity contribution in [2.45, 2.75) is 13.5 Å². The van der Waals surface area contributed by atoms with Crippen LogP contribution in [0.3, 0.4) is 0 Å². The first-order chi connectivity index (χ1) is 16.1. The van der Waals surface area contributed by atoms with E-state index in [4.69, 9.17) is 30.5 Å². The first-order valence-electron chi connectivity index (χ1n) is 10.4. The van der Waals surface area contributed by atoms with Crippen LogP contribution in [0.1, 0.15) is 23.6 Å². The molecule has 0 unspecified atom stereocenters. The number of methoxy groups -OCH3 is 1. The minimum absolute atomic E-state index is 0.194. The van der Waals surface area contributed by atoms with Crippen molar-refractivity contribution in [1.29, 1.82) is 0 Å². The number of cyclic esters (lactones) is 1. The number of hydrogen-bond acceptors (Lipinski definition) is 6. The Morgan fingerprint density at radius 3 is 2.64 bits per heavy atom. The van der Waals surface area contributed by atoms with Crippen LogP contribution in [-0.2, 0) is 16.1 Å². The van der Waals surface area contributed by atoms with Gasteiger partial charge in [-0.25, -0.2) is 9.79 Å². The molecular weight excluding hydrogens is 442 g/mol. The van der Waals surface area contributed by atoms with Gasteiger partial charge in [-0.05, 0) is 55.0 Å². The summed E-state index contributed by atoms with van der Waals surface area (Å²) in [7, 11) is 1.57. The molecule has 3 aromatic rings. The number of ether oxygens (including phenoxy) is 4. The Labute approximate surface area is 197 Å². The van der Waals surface area contributed by atoms with Gasteiger partial charge in [-0.2, -0.15) is 0 Å². The summed E-state index contributed by atoms with van der Waals surface area (Å²) in [4.78, 5) is 16.7. The summed E-state index contributed by atoms with van der Waals surface area (Å²) < 4.78 is 22.3. The molecule has 1 aliphatic rings. The predicted molar refractivity (Wildman–Crippen MR) is 127 cm³/mol. The van der Waals surface area contributed by atoms with Crippen LogP contribution < -0.4 is 14.2 Å². The van der Waals surface area contributed by atoms with Gasteiger partial charge in [-0.1, -0.05) is 41.9 Å². The van der Waals surface area contributed by atoms with E-state index in [1.165, 1.54) is 0 Å². The van der Waals surface area contributed by atoms with Gasteiger partial charge in [-0.3, -0.25) is 0 Å². The van der Waals surface area contributed by atoms with Crippen molar-refractivity contribution >= 4 is 29.5 Å². The normalized spacial score (nSPS) is 14.1. The number of rotatable bonds is 8. The van der Waals surface area contributed by atoms with Crippen molar-refractivity contribution in [3.05, 3.63) is 94.1 Å². The molecule has 3 aromatic carbocycles. The molecule has 168 valence electrons. The van der Waals surface area contributed by atoms with Gasteiger partial charge in [0.05, 0.1) is 13.7 Å². The largest absolute Gasteiger partial charge is 0.497 e. The van der Waals surface area contributed by atoms with Crippen LogP contribution in [0, 0.1) is 0 Å². The summed E-state index contributed by atoms with van der Waals surface area (Å²) in [6.45, 7) is 2.66. The standard InChI is InChI=1S/C26H22ClNO5/c1-3-31-24-14-17(11-12-23(24)32-16-19-7-4-5-10-21(19)27)13-22-26(29)33-25(28-22)18-8-6-9-20(15-18)30-2/h4-15H,3,16H2,1-2H3. The average Bonchev–Trinajstić information content (AvgIpc) is 3.20. The fourth-order valence-electron chi connectivity index (χ4n) is 3.22. The zero-order chi connectivity index (χ0) is 23.2. The van der Waals surface area contributed by atoms with E-state index in [2.05, 4.69) is 4.99 Å². The van der Waals surface area contributed by atoms with Crippen LogP contribution in [-0.4, -0.2) is 25.6 Å². The van der Waals surface area contributed by atoms with E-state index in [1.807, 2.05) is 49.4 Å². The summed E-state index contributed by atoms with van der Waals surface area (Å²) in [5.41, 5.74) is 2.46. The summed E-state index contributed by atoms with van der Waals surface area (Å²) >= 11 is 6.22. The molecule has 0 N–H and O–H groups in total. The highest BCUT2D eigenvalue weighted by Crippen LogP contribution is 2.31. The van der Waals surface area contributed by atoms with Gasteiger partial charge < -0.3 is 18.9 Å². The van der Waals surface area contributed by atoms with Gasteiger partial charge in [0.15, 0.2) is 17.2 Å². The molecule has 0 saturated heterocycles. The van der Waals surface area contributed by atoms with Crippen molar-refractivity contribution in [3.8, 4) is 17.2 Å². The molecule has 0 atom stereocenters. The number of carbonyl (C=O) groups excluding carboxylic acids is 1. The SMILES string of the molecule is CCOc1cc(C=C2N=C(c3cccc(OC)c3)OC2=O)ccc1OCc1ccccc1Cl. The highest BCUT2D eigenvalue weighted by atomic mass is 35.5. The van der Waals surface area contributed by atoms with Crippen LogP contribution in [0.2, 0.25) is 5.02 Å². The van der Waals surface area contributed by atoms with Crippen LogP contribution >= 0.6 is 11.6 Å². The first kappa shape index (κ1) is 22.4. The number of hydrogen-bond donors (Lipinski definition) is 0. The number of benzene rings is 3. The molecule has 0 aliphatic carbocycles. The van der Waals surface area contributed by atoms with Crippen molar-refractivity contribution in [2.75, 3.05) is 13.7 Å². The van der Waals surface area contributed by atoms with Gasteiger partial charge in [0, 0.05) is 16.1 Å². The third-order valence-electron chi connectivity index (χ3n) is 4.85. The van der Waals surface area contributed by atoms with E-state index >= 15 is 0 Å². The van der Waals surface area contributed by atoms with Crippen molar-refractivity contribution in [3.63, 3.8) is 0 Å². The van der Waals surface area contributed by atoms with E-state index in [0.717, 1.165) is 11.1 Å². The second-order valence-electron chi connectivity index (χ2n) is 7.09. The lowest BCUT2D eigenvalue weighted by atomic mass is 10.1. The molecule has 0 bridgehead atoms. The highest BCUT2D eigenvalue weighted by molar-refractivity contribution is 6.31. The summed E-state index contributed by atoms with van der Waals surface area (Å²) in [6, 6.07) is 20.1. The molecule has 7 heteroatoms. The monoisotopic (exact) mass is 463 g/mol. The van der Waals surface area contributed by atoms with Gasteiger partial charge >= 0.3 is 5.97 Å². The van der Waals surface area contributed by atoms with Crippen LogP contribution in [0.5, 0.6) is 17.2 Å². The van der Waals surface area contributed by atoms with Crippen molar-refractivity contribution in [2.24, 2.45) is 4.99 Å².